The van der Waals surface area contributed by atoms with E-state index in [9.17, 15) is 0 Å². The summed E-state index contributed by atoms with van der Waals surface area (Å²) in [5, 5.41) is 3.42. The van der Waals surface area contributed by atoms with Crippen LogP contribution in [0.3, 0.4) is 0 Å². The maximum Gasteiger partial charge on any atom is 0.0343 e. The maximum absolute atomic E-state index is 3.87. The van der Waals surface area contributed by atoms with E-state index >= 15 is 0 Å². The smallest absolute Gasteiger partial charge is 0.0343 e. The largest absolute Gasteiger partial charge is 0.312 e. The average molecular weight is 205 g/mol. The van der Waals surface area contributed by atoms with E-state index in [1.807, 2.05) is 17.4 Å². The van der Waals surface area contributed by atoms with Crippen molar-refractivity contribution < 1.29 is 0 Å². The Labute approximate surface area is 89.2 Å². The molecule has 0 atom stereocenters. The molecule has 0 aliphatic carbocycles. The first-order chi connectivity index (χ1) is 6.86. The average Bonchev–Trinajstić information content (AvgIpc) is 2.58. The van der Waals surface area contributed by atoms with Crippen LogP contribution in [0.25, 0.3) is 12.2 Å². The number of fused-ring (bicyclic) bond motifs is 1. The molecule has 0 radical (unpaired) electrons. The third-order valence-corrected chi connectivity index (χ3v) is 3.81. The highest BCUT2D eigenvalue weighted by atomic mass is 32.1. The summed E-state index contributed by atoms with van der Waals surface area (Å²) in [6.45, 7) is 8.06. The molecule has 0 saturated carbocycles. The van der Waals surface area contributed by atoms with Gasteiger partial charge in [0.15, 0.2) is 0 Å². The van der Waals surface area contributed by atoms with Crippen molar-refractivity contribution in [2.75, 3.05) is 6.54 Å². The molecule has 0 bridgehead atoms. The second kappa shape index (κ2) is 4.11. The fraction of sp³-hybridized carbons (Fsp3) is 0.333. The topological polar surface area (TPSA) is 12.0 Å². The summed E-state index contributed by atoms with van der Waals surface area (Å²) in [4.78, 5) is 2.85. The molecule has 1 aliphatic heterocycles. The molecule has 2 heteroatoms. The fourth-order valence-corrected chi connectivity index (χ4v) is 3.02. The number of nitrogens with one attached hydrogen (secondary N) is 1. The Morgan fingerprint density at radius 1 is 1.50 bits per heavy atom. The van der Waals surface area contributed by atoms with Crippen molar-refractivity contribution in [3.05, 3.63) is 33.5 Å². The normalized spacial score (nSPS) is 15.8. The summed E-state index contributed by atoms with van der Waals surface area (Å²) in [7, 11) is 0. The Morgan fingerprint density at radius 2 is 2.36 bits per heavy atom. The van der Waals surface area contributed by atoms with Crippen LogP contribution in [0.5, 0.6) is 0 Å². The number of allylic oxidation sites excluding steroid dienone is 1. The van der Waals surface area contributed by atoms with Gasteiger partial charge in [-0.1, -0.05) is 24.8 Å². The van der Waals surface area contributed by atoms with Crippen LogP contribution in [0.1, 0.15) is 27.8 Å². The SMILES string of the molecule is C=Cc1sc2c(c1/C=C\C)CNCC2. The number of thiophene rings is 1. The van der Waals surface area contributed by atoms with Gasteiger partial charge >= 0.3 is 0 Å². The summed E-state index contributed by atoms with van der Waals surface area (Å²) >= 11 is 1.89. The molecule has 1 nitrogen and oxygen atoms in total. The Bertz CT molecular complexity index is 374. The van der Waals surface area contributed by atoms with Crippen LogP contribution in [0.2, 0.25) is 0 Å². The van der Waals surface area contributed by atoms with Crippen LogP contribution in [0.4, 0.5) is 0 Å². The van der Waals surface area contributed by atoms with E-state index in [4.69, 9.17) is 0 Å². The Morgan fingerprint density at radius 3 is 3.07 bits per heavy atom. The van der Waals surface area contributed by atoms with E-state index in [1.54, 1.807) is 0 Å². The fourth-order valence-electron chi connectivity index (χ4n) is 1.86. The molecule has 0 aromatic carbocycles. The summed E-state index contributed by atoms with van der Waals surface area (Å²) < 4.78 is 0. The third kappa shape index (κ3) is 1.56. The molecule has 0 fully saturated rings. The van der Waals surface area contributed by atoms with Gasteiger partial charge in [0, 0.05) is 22.8 Å². The zero-order valence-corrected chi connectivity index (χ0v) is 9.29. The third-order valence-electron chi connectivity index (χ3n) is 2.51. The van der Waals surface area contributed by atoms with Gasteiger partial charge in [-0.2, -0.15) is 0 Å². The first-order valence-electron chi connectivity index (χ1n) is 4.97. The van der Waals surface area contributed by atoms with E-state index in [1.165, 1.54) is 27.3 Å². The van der Waals surface area contributed by atoms with Crippen molar-refractivity contribution in [1.82, 2.24) is 5.32 Å². The van der Waals surface area contributed by atoms with Crippen LogP contribution in [-0.4, -0.2) is 6.54 Å². The second-order valence-corrected chi connectivity index (χ2v) is 4.55. The van der Waals surface area contributed by atoms with Crippen molar-refractivity contribution in [2.45, 2.75) is 19.9 Å². The molecule has 1 aromatic rings. The highest BCUT2D eigenvalue weighted by molar-refractivity contribution is 7.13. The minimum Gasteiger partial charge on any atom is -0.312 e. The molecule has 1 aliphatic rings. The minimum atomic E-state index is 1.01. The van der Waals surface area contributed by atoms with Gasteiger partial charge in [0.05, 0.1) is 0 Å². The van der Waals surface area contributed by atoms with Crippen LogP contribution >= 0.6 is 11.3 Å². The van der Waals surface area contributed by atoms with Crippen LogP contribution in [0.15, 0.2) is 12.7 Å². The maximum atomic E-state index is 3.87. The lowest BCUT2D eigenvalue weighted by molar-refractivity contribution is 0.652. The van der Waals surface area contributed by atoms with Crippen molar-refractivity contribution in [3.8, 4) is 0 Å². The van der Waals surface area contributed by atoms with Gasteiger partial charge in [-0.25, -0.2) is 0 Å². The van der Waals surface area contributed by atoms with E-state index in [0.717, 1.165) is 13.1 Å². The quantitative estimate of drug-likeness (QED) is 0.782. The molecule has 74 valence electrons. The summed E-state index contributed by atoms with van der Waals surface area (Å²) in [6, 6.07) is 0. The zero-order chi connectivity index (χ0) is 9.97. The number of hydrogen-bond acceptors (Lipinski definition) is 2. The molecule has 2 rings (SSSR count). The Kier molecular flexibility index (Phi) is 2.85. The standard InChI is InChI=1S/C12H15NS/c1-3-5-9-10-8-13-7-6-12(10)14-11(9)4-2/h3-5,13H,2,6-8H2,1H3/b5-3-. The van der Waals surface area contributed by atoms with Gasteiger partial charge in [0.2, 0.25) is 0 Å². The second-order valence-electron chi connectivity index (χ2n) is 3.41. The zero-order valence-electron chi connectivity index (χ0n) is 8.47. The van der Waals surface area contributed by atoms with Gasteiger partial charge in [-0.15, -0.1) is 11.3 Å². The van der Waals surface area contributed by atoms with E-state index < -0.39 is 0 Å². The molecule has 2 heterocycles. The molecule has 0 saturated heterocycles. The van der Waals surface area contributed by atoms with E-state index in [2.05, 4.69) is 31.0 Å². The summed E-state index contributed by atoms with van der Waals surface area (Å²) in [5.74, 6) is 0. The van der Waals surface area contributed by atoms with Crippen molar-refractivity contribution in [2.24, 2.45) is 0 Å². The highest BCUT2D eigenvalue weighted by Crippen LogP contribution is 2.32. The molecular weight excluding hydrogens is 190 g/mol. The molecule has 1 aromatic heterocycles. The predicted octanol–water partition coefficient (Wildman–Crippen LogP) is 3.07. The van der Waals surface area contributed by atoms with Gasteiger partial charge in [-0.05, 0) is 24.5 Å². The monoisotopic (exact) mass is 205 g/mol. The first-order valence-corrected chi connectivity index (χ1v) is 5.79. The van der Waals surface area contributed by atoms with Crippen LogP contribution in [0, 0.1) is 0 Å². The van der Waals surface area contributed by atoms with Crippen LogP contribution < -0.4 is 5.32 Å². The van der Waals surface area contributed by atoms with Gasteiger partial charge in [0.1, 0.15) is 0 Å². The minimum absolute atomic E-state index is 1.01. The summed E-state index contributed by atoms with van der Waals surface area (Å²) in [6.07, 6.45) is 7.43. The molecule has 14 heavy (non-hydrogen) atoms. The van der Waals surface area contributed by atoms with E-state index in [-0.39, 0.29) is 0 Å². The number of rotatable bonds is 2. The Hall–Kier alpha value is -0.860. The van der Waals surface area contributed by atoms with Crippen molar-refractivity contribution in [3.63, 3.8) is 0 Å². The lowest BCUT2D eigenvalue weighted by atomic mass is 10.0. The molecule has 0 spiro atoms. The Balaban J connectivity index is 2.52. The molecule has 0 amide bonds. The predicted molar refractivity (Wildman–Crippen MR) is 64.5 cm³/mol. The lowest BCUT2D eigenvalue weighted by Crippen LogP contribution is -2.22. The van der Waals surface area contributed by atoms with Crippen molar-refractivity contribution in [1.29, 1.82) is 0 Å². The lowest BCUT2D eigenvalue weighted by Gasteiger charge is -2.13. The first kappa shape index (κ1) is 9.69. The molecular formula is C12H15NS. The number of hydrogen-bond donors (Lipinski definition) is 1. The van der Waals surface area contributed by atoms with Gasteiger partial charge in [0.25, 0.3) is 0 Å². The molecule has 0 unspecified atom stereocenters. The van der Waals surface area contributed by atoms with Crippen LogP contribution in [-0.2, 0) is 13.0 Å². The van der Waals surface area contributed by atoms with E-state index in [0.29, 0.717) is 0 Å². The summed E-state index contributed by atoms with van der Waals surface area (Å²) in [5.41, 5.74) is 2.85. The highest BCUT2D eigenvalue weighted by Gasteiger charge is 2.16. The van der Waals surface area contributed by atoms with Crippen molar-refractivity contribution >= 4 is 23.5 Å². The van der Waals surface area contributed by atoms with Gasteiger partial charge in [-0.3, -0.25) is 0 Å². The molecule has 1 N–H and O–H groups in total. The van der Waals surface area contributed by atoms with Gasteiger partial charge < -0.3 is 5.32 Å².